The molecule has 0 fully saturated rings. The third-order valence-electron chi connectivity index (χ3n) is 2.05. The fraction of sp³-hybridized carbons (Fsp3) is 0.0909. The van der Waals surface area contributed by atoms with Crippen molar-refractivity contribution in [1.82, 2.24) is 0 Å². The minimum absolute atomic E-state index is 0.785. The van der Waals surface area contributed by atoms with E-state index in [0.29, 0.717) is 0 Å². The molecule has 2 N–H and O–H groups in total. The van der Waals surface area contributed by atoms with E-state index in [4.69, 9.17) is 17.3 Å². The van der Waals surface area contributed by atoms with Crippen LogP contribution in [0.1, 0.15) is 5.56 Å². The second-order valence-electron chi connectivity index (χ2n) is 3.19. The van der Waals surface area contributed by atoms with Gasteiger partial charge >= 0.3 is 0 Å². The van der Waals surface area contributed by atoms with Crippen molar-refractivity contribution in [2.45, 2.75) is 6.92 Å². The zero-order valence-electron chi connectivity index (χ0n) is 7.75. The second kappa shape index (κ2) is 3.64. The molecule has 0 saturated carbocycles. The Morgan fingerprint density at radius 3 is 2.36 bits per heavy atom. The Hall–Kier alpha value is -0.990. The molecular weight excluding hydrogens is 214 g/mol. The standard InChI is InChI=1S/C11H10ClNS/c1-7-6-10(14-11(7)12)8-2-4-9(13)5-3-8/h2-6H,13H2,1H3. The average Bonchev–Trinajstić information content (AvgIpc) is 2.48. The first-order valence-corrected chi connectivity index (χ1v) is 5.48. The maximum Gasteiger partial charge on any atom is 0.0963 e. The van der Waals surface area contributed by atoms with Crippen LogP contribution in [0.2, 0.25) is 4.34 Å². The Morgan fingerprint density at radius 1 is 1.21 bits per heavy atom. The topological polar surface area (TPSA) is 26.0 Å². The predicted molar refractivity (Wildman–Crippen MR) is 63.9 cm³/mol. The van der Waals surface area contributed by atoms with Crippen molar-refractivity contribution in [2.24, 2.45) is 0 Å². The van der Waals surface area contributed by atoms with Crippen LogP contribution >= 0.6 is 22.9 Å². The van der Waals surface area contributed by atoms with E-state index < -0.39 is 0 Å². The molecule has 72 valence electrons. The van der Waals surface area contributed by atoms with Crippen molar-refractivity contribution in [3.8, 4) is 10.4 Å². The number of nitrogen functional groups attached to an aromatic ring is 1. The van der Waals surface area contributed by atoms with Gasteiger partial charge in [0.2, 0.25) is 0 Å². The summed E-state index contributed by atoms with van der Waals surface area (Å²) in [5.41, 5.74) is 8.70. The van der Waals surface area contributed by atoms with Gasteiger partial charge in [-0.1, -0.05) is 23.7 Å². The van der Waals surface area contributed by atoms with E-state index >= 15 is 0 Å². The molecule has 0 unspecified atom stereocenters. The van der Waals surface area contributed by atoms with Gasteiger partial charge in [-0.25, -0.2) is 0 Å². The summed E-state index contributed by atoms with van der Waals surface area (Å²) in [5, 5.41) is 0. The molecule has 1 nitrogen and oxygen atoms in total. The summed E-state index contributed by atoms with van der Waals surface area (Å²) in [6, 6.07) is 9.92. The molecule has 0 spiro atoms. The van der Waals surface area contributed by atoms with E-state index in [0.717, 1.165) is 15.6 Å². The SMILES string of the molecule is Cc1cc(-c2ccc(N)cc2)sc1Cl. The number of nitrogens with two attached hydrogens (primary N) is 1. The van der Waals surface area contributed by atoms with Crippen molar-refractivity contribution in [3.05, 3.63) is 40.2 Å². The van der Waals surface area contributed by atoms with Crippen LogP contribution in [0.25, 0.3) is 10.4 Å². The van der Waals surface area contributed by atoms with Crippen LogP contribution in [0.4, 0.5) is 5.69 Å². The third-order valence-corrected chi connectivity index (χ3v) is 3.66. The molecular formula is C11H10ClNS. The number of anilines is 1. The lowest BCUT2D eigenvalue weighted by Crippen LogP contribution is -1.82. The Balaban J connectivity index is 2.44. The van der Waals surface area contributed by atoms with E-state index in [1.54, 1.807) is 11.3 Å². The van der Waals surface area contributed by atoms with Gasteiger partial charge in [-0.3, -0.25) is 0 Å². The Labute approximate surface area is 92.1 Å². The zero-order chi connectivity index (χ0) is 10.1. The van der Waals surface area contributed by atoms with Gasteiger partial charge in [0, 0.05) is 10.6 Å². The normalized spacial score (nSPS) is 10.4. The van der Waals surface area contributed by atoms with E-state index in [2.05, 4.69) is 6.07 Å². The minimum atomic E-state index is 0.785. The number of aryl methyl sites for hydroxylation is 1. The first-order chi connectivity index (χ1) is 6.66. The highest BCUT2D eigenvalue weighted by atomic mass is 35.5. The number of benzene rings is 1. The molecule has 2 aromatic rings. The van der Waals surface area contributed by atoms with E-state index in [9.17, 15) is 0 Å². The molecule has 2 rings (SSSR count). The molecule has 0 amide bonds. The predicted octanol–water partition coefficient (Wildman–Crippen LogP) is 3.96. The van der Waals surface area contributed by atoms with Crippen LogP contribution in [0.5, 0.6) is 0 Å². The maximum absolute atomic E-state index is 6.00. The van der Waals surface area contributed by atoms with Gasteiger partial charge in [-0.15, -0.1) is 11.3 Å². The Morgan fingerprint density at radius 2 is 1.86 bits per heavy atom. The van der Waals surface area contributed by atoms with E-state index in [-0.39, 0.29) is 0 Å². The van der Waals surface area contributed by atoms with Gasteiger partial charge in [-0.05, 0) is 36.2 Å². The molecule has 1 aromatic carbocycles. The van der Waals surface area contributed by atoms with Crippen LogP contribution in [0.15, 0.2) is 30.3 Å². The van der Waals surface area contributed by atoms with Gasteiger partial charge in [0.1, 0.15) is 0 Å². The summed E-state index contributed by atoms with van der Waals surface area (Å²) < 4.78 is 0.858. The molecule has 0 radical (unpaired) electrons. The lowest BCUT2D eigenvalue weighted by atomic mass is 10.1. The summed E-state index contributed by atoms with van der Waals surface area (Å²) in [4.78, 5) is 1.19. The molecule has 0 aliphatic rings. The van der Waals surface area contributed by atoms with E-state index in [1.807, 2.05) is 31.2 Å². The van der Waals surface area contributed by atoms with Crippen LogP contribution in [-0.2, 0) is 0 Å². The molecule has 1 aromatic heterocycles. The lowest BCUT2D eigenvalue weighted by molar-refractivity contribution is 1.55. The second-order valence-corrected chi connectivity index (χ2v) is 4.84. The molecule has 0 aliphatic heterocycles. The number of thiophene rings is 1. The van der Waals surface area contributed by atoms with Gasteiger partial charge in [0.15, 0.2) is 0 Å². The molecule has 1 heterocycles. The van der Waals surface area contributed by atoms with Gasteiger partial charge < -0.3 is 5.73 Å². The number of rotatable bonds is 1. The van der Waals surface area contributed by atoms with Crippen molar-refractivity contribution >= 4 is 28.6 Å². The quantitative estimate of drug-likeness (QED) is 0.728. The average molecular weight is 224 g/mol. The van der Waals surface area contributed by atoms with Crippen molar-refractivity contribution in [2.75, 3.05) is 5.73 Å². The van der Waals surface area contributed by atoms with Gasteiger partial charge in [0.25, 0.3) is 0 Å². The van der Waals surface area contributed by atoms with Gasteiger partial charge in [0.05, 0.1) is 4.34 Å². The first-order valence-electron chi connectivity index (χ1n) is 4.28. The zero-order valence-corrected chi connectivity index (χ0v) is 9.32. The fourth-order valence-electron chi connectivity index (χ4n) is 1.25. The van der Waals surface area contributed by atoms with Crippen LogP contribution < -0.4 is 5.73 Å². The van der Waals surface area contributed by atoms with Crippen LogP contribution in [0.3, 0.4) is 0 Å². The largest absolute Gasteiger partial charge is 0.399 e. The Kier molecular flexibility index (Phi) is 2.48. The number of hydrogen-bond acceptors (Lipinski definition) is 2. The Bertz CT molecular complexity index is 425. The van der Waals surface area contributed by atoms with Crippen LogP contribution in [0, 0.1) is 6.92 Å². The fourth-order valence-corrected chi connectivity index (χ4v) is 2.46. The molecule has 3 heteroatoms. The summed E-state index contributed by atoms with van der Waals surface area (Å²) in [7, 11) is 0. The first kappa shape index (κ1) is 9.56. The molecule has 0 bridgehead atoms. The third kappa shape index (κ3) is 1.76. The maximum atomic E-state index is 6.00. The lowest BCUT2D eigenvalue weighted by Gasteiger charge is -1.97. The smallest absolute Gasteiger partial charge is 0.0963 e. The summed E-state index contributed by atoms with van der Waals surface area (Å²) in [5.74, 6) is 0. The summed E-state index contributed by atoms with van der Waals surface area (Å²) >= 11 is 7.60. The molecule has 0 atom stereocenters. The summed E-state index contributed by atoms with van der Waals surface area (Å²) in [6.07, 6.45) is 0. The van der Waals surface area contributed by atoms with Gasteiger partial charge in [-0.2, -0.15) is 0 Å². The highest BCUT2D eigenvalue weighted by Gasteiger charge is 2.04. The molecule has 0 saturated heterocycles. The van der Waals surface area contributed by atoms with Crippen molar-refractivity contribution < 1.29 is 0 Å². The molecule has 14 heavy (non-hydrogen) atoms. The van der Waals surface area contributed by atoms with Crippen molar-refractivity contribution in [3.63, 3.8) is 0 Å². The van der Waals surface area contributed by atoms with Crippen LogP contribution in [-0.4, -0.2) is 0 Å². The van der Waals surface area contributed by atoms with E-state index in [1.165, 1.54) is 10.4 Å². The molecule has 0 aliphatic carbocycles. The minimum Gasteiger partial charge on any atom is -0.399 e. The highest BCUT2D eigenvalue weighted by molar-refractivity contribution is 7.19. The van der Waals surface area contributed by atoms with Crippen molar-refractivity contribution in [1.29, 1.82) is 0 Å². The number of halogens is 1. The number of hydrogen-bond donors (Lipinski definition) is 1. The summed E-state index contributed by atoms with van der Waals surface area (Å²) in [6.45, 7) is 2.01. The highest BCUT2D eigenvalue weighted by Crippen LogP contribution is 2.34. The monoisotopic (exact) mass is 223 g/mol.